The van der Waals surface area contributed by atoms with E-state index in [0.29, 0.717) is 0 Å². The average Bonchev–Trinajstić information content (AvgIpc) is 2.45. The van der Waals surface area contributed by atoms with Gasteiger partial charge >= 0.3 is 50.4 Å². The summed E-state index contributed by atoms with van der Waals surface area (Å²) in [6, 6.07) is 0. The van der Waals surface area contributed by atoms with Gasteiger partial charge in [0, 0.05) is 0 Å². The van der Waals surface area contributed by atoms with Gasteiger partial charge in [-0.1, -0.05) is 0 Å². The Morgan fingerprint density at radius 3 is 2.62 bits per heavy atom. The zero-order chi connectivity index (χ0) is 5.98. The van der Waals surface area contributed by atoms with Crippen LogP contribution >= 0.6 is 0 Å². The molecule has 2 N–H and O–H groups in total. The van der Waals surface area contributed by atoms with Gasteiger partial charge in [-0.05, 0) is 0 Å². The van der Waals surface area contributed by atoms with Gasteiger partial charge in [-0.3, -0.25) is 0 Å². The van der Waals surface area contributed by atoms with Gasteiger partial charge in [0.1, 0.15) is 0 Å². The second-order valence-corrected chi connectivity index (χ2v) is 2.47. The summed E-state index contributed by atoms with van der Waals surface area (Å²) >= 11 is 0. The van der Waals surface area contributed by atoms with Crippen LogP contribution in [0.2, 0.25) is 0 Å². The van der Waals surface area contributed by atoms with E-state index in [0.717, 1.165) is 18.9 Å². The number of hydrogen-bond donors (Lipinski definition) is 1. The fraction of sp³-hybridized carbons (Fsp3) is 0.833. The molecule has 0 radical (unpaired) electrons. The van der Waals surface area contributed by atoms with Crippen molar-refractivity contribution in [3.63, 3.8) is 0 Å². The summed E-state index contributed by atoms with van der Waals surface area (Å²) < 4.78 is 0. The van der Waals surface area contributed by atoms with Crippen molar-refractivity contribution in [3.05, 3.63) is 0 Å². The summed E-state index contributed by atoms with van der Waals surface area (Å²) in [5, 5.41) is 0. The summed E-state index contributed by atoms with van der Waals surface area (Å²) in [5.41, 5.74) is 6.70. The van der Waals surface area contributed by atoms with Crippen LogP contribution in [0.1, 0.15) is 19.3 Å². The molecule has 0 aromatic rings. The molecule has 1 aliphatic carbocycles. The molecule has 0 heterocycles. The second-order valence-electron chi connectivity index (χ2n) is 2.47. The van der Waals surface area contributed by atoms with Crippen LogP contribution < -0.4 is 5.73 Å². The maximum atomic E-state index is 5.33. The van der Waals surface area contributed by atoms with Crippen molar-refractivity contribution in [2.45, 2.75) is 19.3 Å². The van der Waals surface area contributed by atoms with E-state index >= 15 is 0 Å². The van der Waals surface area contributed by atoms with Gasteiger partial charge in [0.05, 0.1) is 0 Å². The third-order valence-corrected chi connectivity index (χ3v) is 1.62. The van der Waals surface area contributed by atoms with Gasteiger partial charge in [0.15, 0.2) is 0 Å². The van der Waals surface area contributed by atoms with E-state index in [9.17, 15) is 0 Å². The molecule has 0 unspecified atom stereocenters. The Morgan fingerprint density at radius 2 is 2.25 bits per heavy atom. The Hall–Kier alpha value is -0.105. The van der Waals surface area contributed by atoms with Crippen LogP contribution in [0.25, 0.3) is 0 Å². The molecule has 1 aliphatic rings. The molecule has 0 aromatic carbocycles. The Bertz CT molecular complexity index is 96.7. The molecule has 1 nitrogen and oxygen atoms in total. The molecule has 2 heteroatoms. The fourth-order valence-corrected chi connectivity index (χ4v) is 0.881. The van der Waals surface area contributed by atoms with E-state index in [1.54, 1.807) is 0 Å². The summed E-state index contributed by atoms with van der Waals surface area (Å²) in [6.07, 6.45) is 3.75. The minimum atomic E-state index is 0.773. The molecule has 44 valence electrons. The van der Waals surface area contributed by atoms with Crippen molar-refractivity contribution < 1.29 is 0 Å². The molecule has 0 bridgehead atoms. The van der Waals surface area contributed by atoms with Crippen LogP contribution in [-0.4, -0.2) is 19.5 Å². The van der Waals surface area contributed by atoms with Crippen molar-refractivity contribution in [1.29, 1.82) is 0 Å². The van der Waals surface area contributed by atoms with Gasteiger partial charge in [-0.2, -0.15) is 0 Å². The van der Waals surface area contributed by atoms with Crippen LogP contribution in [0.5, 0.6) is 0 Å². The molecule has 1 fully saturated rings. The predicted molar refractivity (Wildman–Crippen MR) is 38.6 cm³/mol. The van der Waals surface area contributed by atoms with E-state index in [1.165, 1.54) is 18.3 Å². The molecule has 0 spiro atoms. The molecule has 0 amide bonds. The molecular formula is C6H12BN. The zero-order valence-corrected chi connectivity index (χ0v) is 5.19. The van der Waals surface area contributed by atoms with E-state index in [4.69, 9.17) is 5.73 Å². The molecule has 0 atom stereocenters. The Kier molecular flexibility index (Phi) is 1.84. The topological polar surface area (TPSA) is 26.0 Å². The minimum absolute atomic E-state index is 0.773. The van der Waals surface area contributed by atoms with Crippen LogP contribution in [-0.2, 0) is 0 Å². The van der Waals surface area contributed by atoms with E-state index in [1.807, 2.05) is 0 Å². The second kappa shape index (κ2) is 2.45. The Labute approximate surface area is 51.3 Å². The summed E-state index contributed by atoms with van der Waals surface area (Å²) in [5.74, 6) is 0.846. The molecule has 1 saturated carbocycles. The number of rotatable bonds is 3. The standard InChI is InChI=1S/C6H12BN/c7-6(3-4-8)5-1-2-5/h5,7H,1-4,8H2. The average molecular weight is 109 g/mol. The third kappa shape index (κ3) is 1.44. The molecule has 0 aromatic heterocycles. The molecular weight excluding hydrogens is 96.9 g/mol. The van der Waals surface area contributed by atoms with Crippen LogP contribution in [0, 0.1) is 5.92 Å². The summed E-state index contributed by atoms with van der Waals surface area (Å²) in [6.45, 7) is 0.773. The summed E-state index contributed by atoms with van der Waals surface area (Å²) in [4.78, 5) is 0. The monoisotopic (exact) mass is 109 g/mol. The Balaban J connectivity index is 2.13. The normalized spacial score (nSPS) is 18.5. The fourth-order valence-electron chi connectivity index (χ4n) is 0.881. The first kappa shape index (κ1) is 6.02. The van der Waals surface area contributed by atoms with Crippen molar-refractivity contribution in [1.82, 2.24) is 0 Å². The molecule has 0 saturated heterocycles. The number of hydrogen-bond acceptors (Lipinski definition) is 1. The van der Waals surface area contributed by atoms with Crippen LogP contribution in [0.4, 0.5) is 0 Å². The third-order valence-electron chi connectivity index (χ3n) is 1.62. The van der Waals surface area contributed by atoms with Crippen molar-refractivity contribution in [2.24, 2.45) is 11.7 Å². The molecule has 0 aliphatic heterocycles. The van der Waals surface area contributed by atoms with Gasteiger partial charge in [-0.15, -0.1) is 0 Å². The van der Waals surface area contributed by atoms with Gasteiger partial charge in [-0.25, -0.2) is 0 Å². The van der Waals surface area contributed by atoms with Crippen molar-refractivity contribution >= 4 is 13.0 Å². The van der Waals surface area contributed by atoms with Gasteiger partial charge in [0.25, 0.3) is 0 Å². The zero-order valence-electron chi connectivity index (χ0n) is 5.19. The van der Waals surface area contributed by atoms with E-state index in [-0.39, 0.29) is 0 Å². The molecule has 8 heavy (non-hydrogen) atoms. The molecule has 1 rings (SSSR count). The predicted octanol–water partition coefficient (Wildman–Crippen LogP) is -0.182. The SMILES string of the molecule is B=C(CCN)C1CC1. The van der Waals surface area contributed by atoms with Crippen molar-refractivity contribution in [2.75, 3.05) is 6.54 Å². The summed E-state index contributed by atoms with van der Waals surface area (Å²) in [7, 11) is 3.93. The van der Waals surface area contributed by atoms with E-state index in [2.05, 4.69) is 7.49 Å². The Morgan fingerprint density at radius 1 is 1.62 bits per heavy atom. The first-order valence-corrected chi connectivity index (χ1v) is 3.22. The first-order chi connectivity index (χ1) is 3.84. The first-order valence-electron chi connectivity index (χ1n) is 3.22. The van der Waals surface area contributed by atoms with Crippen molar-refractivity contribution in [3.8, 4) is 0 Å². The van der Waals surface area contributed by atoms with E-state index < -0.39 is 0 Å². The quantitative estimate of drug-likeness (QED) is 0.500. The van der Waals surface area contributed by atoms with Gasteiger partial charge in [0.2, 0.25) is 0 Å². The van der Waals surface area contributed by atoms with Crippen LogP contribution in [0.15, 0.2) is 0 Å². The number of nitrogens with two attached hydrogens (primary N) is 1. The van der Waals surface area contributed by atoms with Crippen LogP contribution in [0.3, 0.4) is 0 Å². The van der Waals surface area contributed by atoms with Gasteiger partial charge < -0.3 is 0 Å². The maximum absolute atomic E-state index is 5.33.